The van der Waals surface area contributed by atoms with Crippen LogP contribution in [0.4, 0.5) is 29.3 Å². The van der Waals surface area contributed by atoms with Crippen LogP contribution in [0.2, 0.25) is 0 Å². The highest BCUT2D eigenvalue weighted by molar-refractivity contribution is 7.99. The summed E-state index contributed by atoms with van der Waals surface area (Å²) >= 11 is 1.50. The normalized spacial score (nSPS) is 19.2. The largest absolute Gasteiger partial charge is 0.514 e. The fourth-order valence-electron chi connectivity index (χ4n) is 4.65. The third-order valence-corrected chi connectivity index (χ3v) is 7.60. The Morgan fingerprint density at radius 3 is 2.41 bits per heavy atom. The predicted octanol–water partition coefficient (Wildman–Crippen LogP) is 6.64. The van der Waals surface area contributed by atoms with Crippen LogP contribution in [0.5, 0.6) is 0 Å². The molecule has 3 heterocycles. The molecular formula is C24H24ClF3N2O3S. The van der Waals surface area contributed by atoms with E-state index in [1.165, 1.54) is 17.8 Å². The fraction of sp³-hybridized carbons (Fsp3) is 0.375. The molecule has 0 bridgehead atoms. The van der Waals surface area contributed by atoms with Gasteiger partial charge in [-0.05, 0) is 43.3 Å². The van der Waals surface area contributed by atoms with Crippen LogP contribution in [-0.2, 0) is 15.7 Å². The summed E-state index contributed by atoms with van der Waals surface area (Å²) in [5.41, 5.74) is 0.167. The highest BCUT2D eigenvalue weighted by Crippen LogP contribution is 2.49. The summed E-state index contributed by atoms with van der Waals surface area (Å²) in [6.45, 7) is 6.67. The van der Waals surface area contributed by atoms with Gasteiger partial charge in [0.25, 0.3) is 0 Å². The molecule has 0 aliphatic carbocycles. The number of hydrogen-bond acceptors (Lipinski definition) is 6. The van der Waals surface area contributed by atoms with Gasteiger partial charge in [0, 0.05) is 42.3 Å². The first-order chi connectivity index (χ1) is 15.7. The maximum absolute atomic E-state index is 13.4. The molecule has 0 aromatic heterocycles. The van der Waals surface area contributed by atoms with Gasteiger partial charge >= 0.3 is 12.3 Å². The van der Waals surface area contributed by atoms with Crippen LogP contribution in [0.3, 0.4) is 0 Å². The van der Waals surface area contributed by atoms with Gasteiger partial charge in [-0.3, -0.25) is 0 Å². The number of carbonyl (C=O) groups excluding carboxylic acids is 1. The van der Waals surface area contributed by atoms with Crippen LogP contribution in [0, 0.1) is 0 Å². The Balaban J connectivity index is 0.00000274. The van der Waals surface area contributed by atoms with Crippen molar-refractivity contribution in [2.24, 2.45) is 0 Å². The second-order valence-electron chi connectivity index (χ2n) is 8.47. The number of fused-ring (bicyclic) bond motifs is 2. The van der Waals surface area contributed by atoms with Crippen LogP contribution in [0.25, 0.3) is 0 Å². The van der Waals surface area contributed by atoms with E-state index in [0.717, 1.165) is 47.6 Å². The van der Waals surface area contributed by atoms with Crippen molar-refractivity contribution in [2.75, 3.05) is 31.1 Å². The highest BCUT2D eigenvalue weighted by Gasteiger charge is 2.48. The van der Waals surface area contributed by atoms with Crippen molar-refractivity contribution in [3.8, 4) is 0 Å². The standard InChI is InChI=1S/C24H23F3N2O3S.ClH/c1-16-23(32-22(30)31-16)9-13-28(14-10-23)11-4-12-29-18-5-2-3-6-20(18)33-21-8-7-17(15-19(21)29)24(25,26)27;/h2-3,5-8,15H,1,4,9-14H2;1H. The molecule has 3 aliphatic heterocycles. The molecular weight excluding hydrogens is 489 g/mol. The number of rotatable bonds is 4. The Hall–Kier alpha value is -2.36. The zero-order valence-corrected chi connectivity index (χ0v) is 19.9. The van der Waals surface area contributed by atoms with E-state index in [4.69, 9.17) is 9.47 Å². The SMILES string of the molecule is C=C1OC(=O)OC12CCN(CCCN1c3ccccc3Sc3ccc(C(F)(F)F)cc31)CC2.Cl. The summed E-state index contributed by atoms with van der Waals surface area (Å²) in [5.74, 6) is 0.381. The minimum atomic E-state index is -4.39. The molecule has 0 N–H and O–H groups in total. The van der Waals surface area contributed by atoms with Crippen LogP contribution < -0.4 is 4.90 Å². The van der Waals surface area contributed by atoms with Crippen molar-refractivity contribution in [3.63, 3.8) is 0 Å². The lowest BCUT2D eigenvalue weighted by Crippen LogP contribution is -2.45. The molecule has 5 rings (SSSR count). The molecule has 10 heteroatoms. The quantitative estimate of drug-likeness (QED) is 0.428. The zero-order valence-electron chi connectivity index (χ0n) is 18.3. The van der Waals surface area contributed by atoms with Crippen molar-refractivity contribution in [1.82, 2.24) is 4.90 Å². The summed E-state index contributed by atoms with van der Waals surface area (Å²) in [6.07, 6.45) is -3.05. The van der Waals surface area contributed by atoms with Crippen molar-refractivity contribution < 1.29 is 27.4 Å². The van der Waals surface area contributed by atoms with Gasteiger partial charge in [-0.15, -0.1) is 12.4 Å². The van der Waals surface area contributed by atoms with E-state index >= 15 is 0 Å². The van der Waals surface area contributed by atoms with Gasteiger partial charge in [0.05, 0.1) is 16.9 Å². The molecule has 2 fully saturated rings. The number of carbonyl (C=O) groups is 1. The summed E-state index contributed by atoms with van der Waals surface area (Å²) in [6, 6.07) is 11.8. The van der Waals surface area contributed by atoms with Gasteiger partial charge in [0.1, 0.15) is 5.76 Å². The first-order valence-electron chi connectivity index (χ1n) is 10.8. The first kappa shape index (κ1) is 24.8. The lowest BCUT2D eigenvalue weighted by molar-refractivity contribution is -0.137. The molecule has 0 radical (unpaired) electrons. The van der Waals surface area contributed by atoms with Gasteiger partial charge < -0.3 is 19.3 Å². The van der Waals surface area contributed by atoms with Crippen molar-refractivity contribution in [3.05, 3.63) is 60.4 Å². The van der Waals surface area contributed by atoms with E-state index in [1.807, 2.05) is 29.2 Å². The molecule has 2 saturated heterocycles. The third kappa shape index (κ3) is 4.61. The third-order valence-electron chi connectivity index (χ3n) is 6.47. The number of likely N-dealkylation sites (tertiary alicyclic amines) is 1. The molecule has 2 aromatic rings. The number of alkyl halides is 3. The number of anilines is 2. The van der Waals surface area contributed by atoms with E-state index < -0.39 is 23.5 Å². The summed E-state index contributed by atoms with van der Waals surface area (Å²) in [7, 11) is 0. The smallest absolute Gasteiger partial charge is 0.419 e. The second kappa shape index (κ2) is 9.36. The monoisotopic (exact) mass is 512 g/mol. The number of halogens is 4. The number of hydrogen-bond donors (Lipinski definition) is 0. The first-order valence-corrected chi connectivity index (χ1v) is 11.7. The number of cyclic esters (lactones) is 1. The number of nitrogens with zero attached hydrogens (tertiary/aromatic N) is 2. The van der Waals surface area contributed by atoms with E-state index in [1.54, 1.807) is 6.07 Å². The average molecular weight is 513 g/mol. The minimum Gasteiger partial charge on any atom is -0.419 e. The topological polar surface area (TPSA) is 42.0 Å². The Bertz CT molecular complexity index is 1100. The molecule has 182 valence electrons. The van der Waals surface area contributed by atoms with E-state index in [2.05, 4.69) is 11.5 Å². The molecule has 2 aromatic carbocycles. The lowest BCUT2D eigenvalue weighted by atomic mass is 9.90. The van der Waals surface area contributed by atoms with Crippen molar-refractivity contribution >= 4 is 41.7 Å². The molecule has 0 unspecified atom stereocenters. The lowest BCUT2D eigenvalue weighted by Gasteiger charge is -2.37. The molecule has 5 nitrogen and oxygen atoms in total. The molecule has 34 heavy (non-hydrogen) atoms. The van der Waals surface area contributed by atoms with Gasteiger partial charge in [0.15, 0.2) is 5.60 Å². The van der Waals surface area contributed by atoms with Gasteiger partial charge in [0.2, 0.25) is 0 Å². The maximum Gasteiger partial charge on any atom is 0.514 e. The van der Waals surface area contributed by atoms with Gasteiger partial charge in [-0.2, -0.15) is 13.2 Å². The average Bonchev–Trinajstić information content (AvgIpc) is 3.06. The number of para-hydroxylation sites is 1. The van der Waals surface area contributed by atoms with Gasteiger partial charge in [-0.1, -0.05) is 30.5 Å². The van der Waals surface area contributed by atoms with E-state index in [-0.39, 0.29) is 12.4 Å². The molecule has 0 atom stereocenters. The summed E-state index contributed by atoms with van der Waals surface area (Å²) < 4.78 is 50.5. The van der Waals surface area contributed by atoms with Crippen LogP contribution in [-0.4, -0.2) is 42.8 Å². The van der Waals surface area contributed by atoms with E-state index in [9.17, 15) is 18.0 Å². The number of piperidine rings is 1. The highest BCUT2D eigenvalue weighted by atomic mass is 35.5. The summed E-state index contributed by atoms with van der Waals surface area (Å²) in [5, 5.41) is 0. The molecule has 3 aliphatic rings. The molecule has 0 saturated carbocycles. The van der Waals surface area contributed by atoms with E-state index in [0.29, 0.717) is 30.8 Å². The molecule has 1 spiro atoms. The Morgan fingerprint density at radius 2 is 1.74 bits per heavy atom. The van der Waals surface area contributed by atoms with Crippen LogP contribution in [0.1, 0.15) is 24.8 Å². The number of ether oxygens (including phenoxy) is 2. The van der Waals surface area contributed by atoms with Crippen molar-refractivity contribution in [2.45, 2.75) is 40.8 Å². The zero-order chi connectivity index (χ0) is 23.2. The fourth-order valence-corrected chi connectivity index (χ4v) is 5.72. The minimum absolute atomic E-state index is 0. The Labute approximate surface area is 206 Å². The number of benzene rings is 2. The van der Waals surface area contributed by atoms with Crippen molar-refractivity contribution in [1.29, 1.82) is 0 Å². The molecule has 0 amide bonds. The Kier molecular flexibility index (Phi) is 6.81. The predicted molar refractivity (Wildman–Crippen MR) is 126 cm³/mol. The van der Waals surface area contributed by atoms with Crippen LogP contribution in [0.15, 0.2) is 64.6 Å². The second-order valence-corrected chi connectivity index (χ2v) is 9.55. The Morgan fingerprint density at radius 1 is 1.03 bits per heavy atom. The summed E-state index contributed by atoms with van der Waals surface area (Å²) in [4.78, 5) is 17.6. The van der Waals surface area contributed by atoms with Crippen LogP contribution >= 0.6 is 24.2 Å². The van der Waals surface area contributed by atoms with Gasteiger partial charge in [-0.25, -0.2) is 4.79 Å². The maximum atomic E-state index is 13.4.